The summed E-state index contributed by atoms with van der Waals surface area (Å²) in [5.41, 5.74) is 7.99. The van der Waals surface area contributed by atoms with Gasteiger partial charge in [0.15, 0.2) is 0 Å². The minimum Gasteiger partial charge on any atom is -0.465 e. The van der Waals surface area contributed by atoms with E-state index in [1.54, 1.807) is 17.6 Å². The zero-order valence-corrected chi connectivity index (χ0v) is 12.7. The third-order valence-corrected chi connectivity index (χ3v) is 3.61. The number of methoxy groups -OCH3 is 1. The van der Waals surface area contributed by atoms with Crippen LogP contribution in [-0.2, 0) is 4.74 Å². The van der Waals surface area contributed by atoms with Crippen LogP contribution in [0, 0.1) is 13.8 Å². The molecule has 0 unspecified atom stereocenters. The van der Waals surface area contributed by atoms with E-state index in [1.165, 1.54) is 13.3 Å². The van der Waals surface area contributed by atoms with Crippen LogP contribution in [0.15, 0.2) is 29.2 Å². The molecule has 1 heterocycles. The Morgan fingerprint density at radius 2 is 2.00 bits per heavy atom. The van der Waals surface area contributed by atoms with Gasteiger partial charge in [-0.25, -0.2) is 4.79 Å². The van der Waals surface area contributed by atoms with Gasteiger partial charge in [-0.3, -0.25) is 4.79 Å². The molecule has 6 heteroatoms. The monoisotopic (exact) mass is 306 g/mol. The van der Waals surface area contributed by atoms with Gasteiger partial charge in [0, 0.05) is 23.3 Å². The number of nitrogen functional groups attached to an aromatic ring is 1. The first-order valence-corrected chi connectivity index (χ1v) is 6.61. The molecule has 1 aromatic heterocycles. The molecule has 2 N–H and O–H groups in total. The molecule has 0 aliphatic carbocycles. The molecule has 2 rings (SSSR count). The molecule has 0 aliphatic heterocycles. The average molecular weight is 307 g/mol. The number of carbonyl (C=O) groups excluding carboxylic acids is 1. The van der Waals surface area contributed by atoms with Crippen molar-refractivity contribution in [2.75, 3.05) is 12.8 Å². The highest BCUT2D eigenvalue weighted by Gasteiger charge is 2.19. The molecule has 2 aromatic rings. The summed E-state index contributed by atoms with van der Waals surface area (Å²) in [6.45, 7) is 3.55. The molecule has 0 spiro atoms. The van der Waals surface area contributed by atoms with E-state index in [0.717, 1.165) is 5.56 Å². The van der Waals surface area contributed by atoms with Crippen LogP contribution in [0.4, 0.5) is 5.69 Å². The molecule has 0 bridgehead atoms. The Bertz CT molecular complexity index is 781. The lowest BCUT2D eigenvalue weighted by molar-refractivity contribution is 0.0597. The van der Waals surface area contributed by atoms with E-state index in [0.29, 0.717) is 17.1 Å². The second-order valence-electron chi connectivity index (χ2n) is 4.67. The van der Waals surface area contributed by atoms with Crippen LogP contribution >= 0.6 is 11.6 Å². The summed E-state index contributed by atoms with van der Waals surface area (Å²) in [6.07, 6.45) is 1.47. The van der Waals surface area contributed by atoms with Gasteiger partial charge in [-0.05, 0) is 31.5 Å². The fourth-order valence-electron chi connectivity index (χ4n) is 2.06. The zero-order valence-electron chi connectivity index (χ0n) is 11.9. The van der Waals surface area contributed by atoms with E-state index in [4.69, 9.17) is 17.3 Å². The molecule has 5 nitrogen and oxygen atoms in total. The number of rotatable bonds is 2. The van der Waals surface area contributed by atoms with Crippen LogP contribution < -0.4 is 11.2 Å². The minimum atomic E-state index is -0.714. The number of hydrogen-bond acceptors (Lipinski definition) is 4. The molecule has 21 heavy (non-hydrogen) atoms. The molecule has 0 radical (unpaired) electrons. The zero-order chi connectivity index (χ0) is 15.7. The van der Waals surface area contributed by atoms with Crippen LogP contribution in [0.2, 0.25) is 5.02 Å². The third kappa shape index (κ3) is 2.64. The average Bonchev–Trinajstić information content (AvgIpc) is 2.46. The number of nitrogens with two attached hydrogens (primary N) is 1. The maximum atomic E-state index is 12.0. The van der Waals surface area contributed by atoms with Crippen LogP contribution in [0.5, 0.6) is 0 Å². The lowest BCUT2D eigenvalue weighted by Gasteiger charge is -2.15. The number of ether oxygens (including phenoxy) is 1. The Morgan fingerprint density at radius 3 is 2.57 bits per heavy atom. The van der Waals surface area contributed by atoms with Gasteiger partial charge in [0.05, 0.1) is 7.11 Å². The second kappa shape index (κ2) is 5.61. The molecular weight excluding hydrogens is 292 g/mol. The standard InChI is InChI=1S/C15H15ClN2O3/c1-8-4-5-10(6-12(8)17)18-7-11(16)14(19)13(9(18)2)15(20)21-3/h4-7H,17H2,1-3H3. The van der Waals surface area contributed by atoms with Gasteiger partial charge in [0.1, 0.15) is 10.6 Å². The van der Waals surface area contributed by atoms with Crippen molar-refractivity contribution in [2.24, 2.45) is 0 Å². The Labute approximate surface area is 126 Å². The summed E-state index contributed by atoms with van der Waals surface area (Å²) in [6, 6.07) is 5.44. The van der Waals surface area contributed by atoms with Gasteiger partial charge >= 0.3 is 5.97 Å². The maximum absolute atomic E-state index is 12.0. The van der Waals surface area contributed by atoms with Crippen LogP contribution in [0.25, 0.3) is 5.69 Å². The fourth-order valence-corrected chi connectivity index (χ4v) is 2.25. The number of anilines is 1. The van der Waals surface area contributed by atoms with E-state index in [-0.39, 0.29) is 10.6 Å². The smallest absolute Gasteiger partial charge is 0.343 e. The molecule has 0 fully saturated rings. The predicted molar refractivity (Wildman–Crippen MR) is 82.3 cm³/mol. The summed E-state index contributed by atoms with van der Waals surface area (Å²) in [7, 11) is 1.22. The van der Waals surface area contributed by atoms with E-state index < -0.39 is 11.4 Å². The van der Waals surface area contributed by atoms with E-state index >= 15 is 0 Å². The summed E-state index contributed by atoms with van der Waals surface area (Å²) >= 11 is 5.94. The van der Waals surface area contributed by atoms with Crippen molar-refractivity contribution < 1.29 is 9.53 Å². The summed E-state index contributed by atoms with van der Waals surface area (Å²) in [5, 5.41) is -0.0554. The molecule has 1 aromatic carbocycles. The quantitative estimate of drug-likeness (QED) is 0.683. The normalized spacial score (nSPS) is 10.5. The highest BCUT2D eigenvalue weighted by Crippen LogP contribution is 2.20. The second-order valence-corrected chi connectivity index (χ2v) is 5.08. The molecule has 110 valence electrons. The largest absolute Gasteiger partial charge is 0.465 e. The SMILES string of the molecule is COC(=O)c1c(C)n(-c2ccc(C)c(N)c2)cc(Cl)c1=O. The fraction of sp³-hybridized carbons (Fsp3) is 0.200. The Balaban J connectivity index is 2.75. The van der Waals surface area contributed by atoms with Gasteiger partial charge in [0.25, 0.3) is 0 Å². The number of aryl methyl sites for hydroxylation is 1. The highest BCUT2D eigenvalue weighted by atomic mass is 35.5. The number of aromatic nitrogens is 1. The number of esters is 1. The van der Waals surface area contributed by atoms with Gasteiger partial charge in [0.2, 0.25) is 5.43 Å². The number of pyridine rings is 1. The topological polar surface area (TPSA) is 74.3 Å². The van der Waals surface area contributed by atoms with E-state index in [9.17, 15) is 9.59 Å². The van der Waals surface area contributed by atoms with Crippen LogP contribution in [-0.4, -0.2) is 17.6 Å². The van der Waals surface area contributed by atoms with Gasteiger partial charge in [-0.2, -0.15) is 0 Å². The number of hydrogen-bond donors (Lipinski definition) is 1. The highest BCUT2D eigenvalue weighted by molar-refractivity contribution is 6.30. The van der Waals surface area contributed by atoms with Crippen LogP contribution in [0.3, 0.4) is 0 Å². The Kier molecular flexibility index (Phi) is 4.04. The number of nitrogens with zero attached hydrogens (tertiary/aromatic N) is 1. The molecule has 0 saturated carbocycles. The van der Waals surface area contributed by atoms with Gasteiger partial charge in [-0.15, -0.1) is 0 Å². The van der Waals surface area contributed by atoms with Crippen LogP contribution in [0.1, 0.15) is 21.6 Å². The van der Waals surface area contributed by atoms with Crippen molar-refractivity contribution in [1.82, 2.24) is 4.57 Å². The van der Waals surface area contributed by atoms with Gasteiger partial charge < -0.3 is 15.0 Å². The number of benzene rings is 1. The summed E-state index contributed by atoms with van der Waals surface area (Å²) in [4.78, 5) is 23.8. The molecular formula is C15H15ClN2O3. The third-order valence-electron chi connectivity index (χ3n) is 3.34. The first-order chi connectivity index (χ1) is 9.86. The molecule has 0 saturated heterocycles. The minimum absolute atomic E-state index is 0.0554. The summed E-state index contributed by atoms with van der Waals surface area (Å²) < 4.78 is 6.30. The molecule has 0 amide bonds. The van der Waals surface area contributed by atoms with Gasteiger partial charge in [-0.1, -0.05) is 17.7 Å². The van der Waals surface area contributed by atoms with Crippen molar-refractivity contribution >= 4 is 23.3 Å². The molecule has 0 aliphatic rings. The number of halogens is 1. The molecule has 0 atom stereocenters. The number of carbonyl (C=O) groups is 1. The maximum Gasteiger partial charge on any atom is 0.343 e. The van der Waals surface area contributed by atoms with Crippen molar-refractivity contribution in [2.45, 2.75) is 13.8 Å². The van der Waals surface area contributed by atoms with Crippen molar-refractivity contribution in [3.05, 3.63) is 56.5 Å². The van der Waals surface area contributed by atoms with Crippen molar-refractivity contribution in [3.8, 4) is 5.69 Å². The predicted octanol–water partition coefficient (Wildman–Crippen LogP) is 2.48. The van der Waals surface area contributed by atoms with Crippen molar-refractivity contribution in [1.29, 1.82) is 0 Å². The van der Waals surface area contributed by atoms with Crippen molar-refractivity contribution in [3.63, 3.8) is 0 Å². The van der Waals surface area contributed by atoms with E-state index in [1.807, 2.05) is 19.1 Å². The Morgan fingerprint density at radius 1 is 1.33 bits per heavy atom. The Hall–Kier alpha value is -2.27. The van der Waals surface area contributed by atoms with E-state index in [2.05, 4.69) is 4.74 Å². The first kappa shape index (κ1) is 15.1. The lowest BCUT2D eigenvalue weighted by Crippen LogP contribution is -2.22. The first-order valence-electron chi connectivity index (χ1n) is 6.23. The summed E-state index contributed by atoms with van der Waals surface area (Å²) in [5.74, 6) is -0.714. The lowest BCUT2D eigenvalue weighted by atomic mass is 10.1.